The van der Waals surface area contributed by atoms with Crippen molar-refractivity contribution in [2.45, 2.75) is 6.42 Å². The molecule has 2 heterocycles. The van der Waals surface area contributed by atoms with Crippen LogP contribution >= 0.6 is 11.6 Å². The van der Waals surface area contributed by atoms with Crippen molar-refractivity contribution in [2.75, 3.05) is 0 Å². The standard InChI is InChI=1S/C9H7ClN2O2/c10-7-4-12-9-6(7)1-5(3-11-9)2-8(13)14/h1,3-4H,2H2,(H,11,12)(H,13,14). The number of carboxylic acid groups (broad SMARTS) is 1. The van der Waals surface area contributed by atoms with Crippen molar-refractivity contribution < 1.29 is 9.90 Å². The van der Waals surface area contributed by atoms with Crippen LogP contribution in [0.5, 0.6) is 0 Å². The van der Waals surface area contributed by atoms with E-state index < -0.39 is 5.97 Å². The molecule has 0 saturated heterocycles. The minimum atomic E-state index is -0.877. The van der Waals surface area contributed by atoms with Gasteiger partial charge in [-0.1, -0.05) is 11.6 Å². The first-order chi connectivity index (χ1) is 6.66. The van der Waals surface area contributed by atoms with Gasteiger partial charge in [0.2, 0.25) is 0 Å². The van der Waals surface area contributed by atoms with E-state index in [2.05, 4.69) is 9.97 Å². The zero-order valence-electron chi connectivity index (χ0n) is 7.12. The number of hydrogen-bond acceptors (Lipinski definition) is 2. The maximum Gasteiger partial charge on any atom is 0.307 e. The number of rotatable bonds is 2. The molecule has 5 heteroatoms. The number of H-pyrrole nitrogens is 1. The lowest BCUT2D eigenvalue weighted by molar-refractivity contribution is -0.136. The maximum absolute atomic E-state index is 10.5. The van der Waals surface area contributed by atoms with Crippen molar-refractivity contribution in [3.05, 3.63) is 29.0 Å². The molecule has 0 aromatic carbocycles. The van der Waals surface area contributed by atoms with E-state index in [-0.39, 0.29) is 6.42 Å². The number of halogens is 1. The lowest BCUT2D eigenvalue weighted by Gasteiger charge is -1.96. The third-order valence-corrected chi connectivity index (χ3v) is 2.21. The summed E-state index contributed by atoms with van der Waals surface area (Å²) in [6, 6.07) is 1.73. The van der Waals surface area contributed by atoms with Crippen molar-refractivity contribution in [3.8, 4) is 0 Å². The number of aliphatic carboxylic acids is 1. The van der Waals surface area contributed by atoms with Crippen LogP contribution in [0.3, 0.4) is 0 Å². The molecule has 0 aliphatic heterocycles. The third-order valence-electron chi connectivity index (χ3n) is 1.89. The molecule has 0 radical (unpaired) electrons. The van der Waals surface area contributed by atoms with Crippen LogP contribution in [0.25, 0.3) is 11.0 Å². The van der Waals surface area contributed by atoms with Crippen LogP contribution in [0.15, 0.2) is 18.5 Å². The van der Waals surface area contributed by atoms with E-state index in [0.717, 1.165) is 5.39 Å². The minimum absolute atomic E-state index is 0.0373. The molecule has 4 nitrogen and oxygen atoms in total. The molecule has 0 bridgehead atoms. The summed E-state index contributed by atoms with van der Waals surface area (Å²) in [5, 5.41) is 9.90. The Labute approximate surface area is 84.5 Å². The summed E-state index contributed by atoms with van der Waals surface area (Å²) < 4.78 is 0. The van der Waals surface area contributed by atoms with Gasteiger partial charge in [-0.05, 0) is 11.6 Å². The summed E-state index contributed by atoms with van der Waals surface area (Å²) in [4.78, 5) is 17.4. The van der Waals surface area contributed by atoms with E-state index in [1.54, 1.807) is 12.3 Å². The molecule has 0 unspecified atom stereocenters. The van der Waals surface area contributed by atoms with Crippen molar-refractivity contribution in [1.82, 2.24) is 9.97 Å². The van der Waals surface area contributed by atoms with Gasteiger partial charge >= 0.3 is 5.97 Å². The first-order valence-electron chi connectivity index (χ1n) is 4.00. The molecule has 0 saturated carbocycles. The number of fused-ring (bicyclic) bond motifs is 1. The van der Waals surface area contributed by atoms with Gasteiger partial charge in [0.05, 0.1) is 11.4 Å². The zero-order chi connectivity index (χ0) is 10.1. The molecule has 0 fully saturated rings. The predicted molar refractivity (Wildman–Crippen MR) is 52.4 cm³/mol. The molecular weight excluding hydrogens is 204 g/mol. The van der Waals surface area contributed by atoms with Crippen LogP contribution in [0.4, 0.5) is 0 Å². The summed E-state index contributed by atoms with van der Waals surface area (Å²) in [6.07, 6.45) is 3.12. The fourth-order valence-corrected chi connectivity index (χ4v) is 1.48. The topological polar surface area (TPSA) is 66.0 Å². The molecule has 0 amide bonds. The summed E-state index contributed by atoms with van der Waals surface area (Å²) in [5.74, 6) is -0.877. The fraction of sp³-hybridized carbons (Fsp3) is 0.111. The number of nitrogens with zero attached hydrogens (tertiary/aromatic N) is 1. The average molecular weight is 211 g/mol. The summed E-state index contributed by atoms with van der Waals surface area (Å²) in [6.45, 7) is 0. The van der Waals surface area contributed by atoms with Crippen LogP contribution in [0.2, 0.25) is 5.02 Å². The Hall–Kier alpha value is -1.55. The molecule has 2 aromatic heterocycles. The van der Waals surface area contributed by atoms with E-state index in [9.17, 15) is 4.79 Å². The Morgan fingerprint density at radius 2 is 2.43 bits per heavy atom. The number of aromatic amines is 1. The lowest BCUT2D eigenvalue weighted by atomic mass is 10.2. The van der Waals surface area contributed by atoms with Gasteiger partial charge in [0.25, 0.3) is 0 Å². The van der Waals surface area contributed by atoms with Gasteiger partial charge in [-0.25, -0.2) is 4.98 Å². The zero-order valence-corrected chi connectivity index (χ0v) is 7.88. The normalized spacial score (nSPS) is 10.6. The quantitative estimate of drug-likeness (QED) is 0.795. The van der Waals surface area contributed by atoms with Crippen LogP contribution in [-0.2, 0) is 11.2 Å². The number of hydrogen-bond donors (Lipinski definition) is 2. The van der Waals surface area contributed by atoms with Crippen molar-refractivity contribution >= 4 is 28.6 Å². The first-order valence-corrected chi connectivity index (χ1v) is 4.38. The van der Waals surface area contributed by atoms with Crippen LogP contribution in [0.1, 0.15) is 5.56 Å². The Bertz CT molecular complexity index is 493. The first kappa shape index (κ1) is 9.02. The summed E-state index contributed by atoms with van der Waals surface area (Å²) >= 11 is 5.86. The second kappa shape index (κ2) is 3.31. The third kappa shape index (κ3) is 1.56. The number of carbonyl (C=O) groups is 1. The highest BCUT2D eigenvalue weighted by Gasteiger charge is 2.06. The fourth-order valence-electron chi connectivity index (χ4n) is 1.29. The van der Waals surface area contributed by atoms with Crippen molar-refractivity contribution in [3.63, 3.8) is 0 Å². The van der Waals surface area contributed by atoms with Crippen LogP contribution in [-0.4, -0.2) is 21.0 Å². The average Bonchev–Trinajstić information content (AvgIpc) is 2.47. The number of aromatic nitrogens is 2. The van der Waals surface area contributed by atoms with Gasteiger partial charge in [0.1, 0.15) is 5.65 Å². The molecule has 0 aliphatic carbocycles. The Kier molecular flexibility index (Phi) is 2.13. The minimum Gasteiger partial charge on any atom is -0.481 e. The monoisotopic (exact) mass is 210 g/mol. The highest BCUT2D eigenvalue weighted by Crippen LogP contribution is 2.22. The van der Waals surface area contributed by atoms with Crippen LogP contribution in [0, 0.1) is 0 Å². The molecule has 72 valence electrons. The van der Waals surface area contributed by atoms with Gasteiger partial charge in [0.15, 0.2) is 0 Å². The molecule has 0 atom stereocenters. The smallest absolute Gasteiger partial charge is 0.307 e. The molecule has 0 spiro atoms. The Morgan fingerprint density at radius 1 is 1.64 bits per heavy atom. The SMILES string of the molecule is O=C(O)Cc1cnc2[nH]cc(Cl)c2c1. The highest BCUT2D eigenvalue weighted by molar-refractivity contribution is 6.35. The van der Waals surface area contributed by atoms with Crippen molar-refractivity contribution in [2.24, 2.45) is 0 Å². The number of carboxylic acids is 1. The molecule has 2 N–H and O–H groups in total. The lowest BCUT2D eigenvalue weighted by Crippen LogP contribution is -2.00. The molecule has 0 aliphatic rings. The largest absolute Gasteiger partial charge is 0.481 e. The Balaban J connectivity index is 2.49. The van der Waals surface area contributed by atoms with E-state index in [1.165, 1.54) is 6.20 Å². The summed E-state index contributed by atoms with van der Waals surface area (Å²) in [7, 11) is 0. The van der Waals surface area contributed by atoms with E-state index in [0.29, 0.717) is 16.2 Å². The second-order valence-electron chi connectivity index (χ2n) is 2.95. The van der Waals surface area contributed by atoms with E-state index in [1.807, 2.05) is 0 Å². The maximum atomic E-state index is 10.5. The molecule has 14 heavy (non-hydrogen) atoms. The van der Waals surface area contributed by atoms with Gasteiger partial charge < -0.3 is 10.1 Å². The van der Waals surface area contributed by atoms with Gasteiger partial charge in [-0.15, -0.1) is 0 Å². The summed E-state index contributed by atoms with van der Waals surface area (Å²) in [5.41, 5.74) is 1.32. The highest BCUT2D eigenvalue weighted by atomic mass is 35.5. The molecule has 2 rings (SSSR count). The predicted octanol–water partition coefficient (Wildman–Crippen LogP) is 1.84. The van der Waals surface area contributed by atoms with Crippen molar-refractivity contribution in [1.29, 1.82) is 0 Å². The molecular formula is C9H7ClN2O2. The second-order valence-corrected chi connectivity index (χ2v) is 3.35. The Morgan fingerprint density at radius 3 is 3.14 bits per heavy atom. The van der Waals surface area contributed by atoms with Gasteiger partial charge in [-0.3, -0.25) is 4.79 Å². The van der Waals surface area contributed by atoms with Crippen LogP contribution < -0.4 is 0 Å². The number of nitrogens with one attached hydrogen (secondary N) is 1. The van der Waals surface area contributed by atoms with E-state index >= 15 is 0 Å². The van der Waals surface area contributed by atoms with E-state index in [4.69, 9.17) is 16.7 Å². The van der Waals surface area contributed by atoms with Gasteiger partial charge in [0, 0.05) is 17.8 Å². The molecule has 2 aromatic rings. The van der Waals surface area contributed by atoms with Gasteiger partial charge in [-0.2, -0.15) is 0 Å². The number of pyridine rings is 1.